The van der Waals surface area contributed by atoms with E-state index < -0.39 is 12.5 Å². The standard InChI is InChI=1S/C26H31ClF2N6O3/c1-33-23(24(28)29)18(31-32-33)13-38-20-5-4-16(27)15-6-10-35(25(37)17-11-26(7-8-26)14-30-17)19(22(15)20)12-34-9-2-3-21(34)36/h4-5,17,19,24,30H,2-3,6-14H2,1H3/t17-,19+/m0/s1. The van der Waals surface area contributed by atoms with Crippen molar-refractivity contribution in [3.05, 3.63) is 39.7 Å². The number of carbonyl (C=O) groups is 2. The molecule has 4 aliphatic rings. The topological polar surface area (TPSA) is 92.6 Å². The lowest BCUT2D eigenvalue weighted by molar-refractivity contribution is -0.138. The fraction of sp³-hybridized carbons (Fsp3) is 0.615. The number of nitrogens with zero attached hydrogens (tertiary/aromatic N) is 5. The highest BCUT2D eigenvalue weighted by atomic mass is 35.5. The molecule has 0 unspecified atom stereocenters. The van der Waals surface area contributed by atoms with Crippen LogP contribution >= 0.6 is 11.6 Å². The maximum Gasteiger partial charge on any atom is 0.282 e. The molecule has 2 aromatic rings. The first-order chi connectivity index (χ1) is 18.3. The Morgan fingerprint density at radius 2 is 2.11 bits per heavy atom. The molecule has 6 rings (SSSR count). The minimum absolute atomic E-state index is 0.0240. The predicted octanol–water partition coefficient (Wildman–Crippen LogP) is 3.18. The van der Waals surface area contributed by atoms with Crippen molar-refractivity contribution in [2.24, 2.45) is 12.5 Å². The van der Waals surface area contributed by atoms with Crippen molar-refractivity contribution in [1.29, 1.82) is 0 Å². The van der Waals surface area contributed by atoms with Crippen LogP contribution in [0.2, 0.25) is 5.02 Å². The normalized spacial score (nSPS) is 24.0. The third-order valence-corrected chi connectivity index (χ3v) is 8.90. The van der Waals surface area contributed by atoms with Crippen molar-refractivity contribution < 1.29 is 23.1 Å². The first-order valence-corrected chi connectivity index (χ1v) is 13.6. The van der Waals surface area contributed by atoms with E-state index in [1.165, 1.54) is 7.05 Å². The first kappa shape index (κ1) is 25.5. The van der Waals surface area contributed by atoms with Crippen LogP contribution in [0.15, 0.2) is 12.1 Å². The van der Waals surface area contributed by atoms with E-state index >= 15 is 0 Å². The quantitative estimate of drug-likeness (QED) is 0.571. The Balaban J connectivity index is 1.33. The number of amides is 2. The third kappa shape index (κ3) is 4.53. The summed E-state index contributed by atoms with van der Waals surface area (Å²) in [5, 5.41) is 11.6. The number of alkyl halides is 2. The van der Waals surface area contributed by atoms with E-state index in [1.54, 1.807) is 17.0 Å². The molecule has 1 aromatic carbocycles. The van der Waals surface area contributed by atoms with E-state index in [1.807, 2.05) is 4.90 Å². The number of carbonyl (C=O) groups excluding carboxylic acids is 2. The Kier molecular flexibility index (Phi) is 6.54. The van der Waals surface area contributed by atoms with Crippen LogP contribution < -0.4 is 10.1 Å². The minimum Gasteiger partial charge on any atom is -0.487 e. The number of aromatic nitrogens is 3. The maximum absolute atomic E-state index is 13.9. The number of benzene rings is 1. The second-order valence-corrected chi connectivity index (χ2v) is 11.4. The van der Waals surface area contributed by atoms with Gasteiger partial charge in [0.05, 0.1) is 12.1 Å². The Morgan fingerprint density at radius 3 is 2.79 bits per heavy atom. The summed E-state index contributed by atoms with van der Waals surface area (Å²) in [5.41, 5.74) is 1.59. The molecule has 3 aliphatic heterocycles. The van der Waals surface area contributed by atoms with Gasteiger partial charge < -0.3 is 19.9 Å². The first-order valence-electron chi connectivity index (χ1n) is 13.2. The monoisotopic (exact) mass is 548 g/mol. The second kappa shape index (κ2) is 9.75. The Hall–Kier alpha value is -2.79. The van der Waals surface area contributed by atoms with E-state index in [4.69, 9.17) is 16.3 Å². The lowest BCUT2D eigenvalue weighted by atomic mass is 9.90. The number of halogens is 3. The summed E-state index contributed by atoms with van der Waals surface area (Å²) in [4.78, 5) is 30.2. The Labute approximate surface area is 224 Å². The predicted molar refractivity (Wildman–Crippen MR) is 134 cm³/mol. The molecule has 1 spiro atoms. The molecule has 2 atom stereocenters. The number of aryl methyl sites for hydroxylation is 1. The van der Waals surface area contributed by atoms with Gasteiger partial charge in [-0.25, -0.2) is 13.5 Å². The van der Waals surface area contributed by atoms with Crippen LogP contribution in [0, 0.1) is 5.41 Å². The van der Waals surface area contributed by atoms with Crippen LogP contribution in [-0.4, -0.2) is 68.8 Å². The highest BCUT2D eigenvalue weighted by Gasteiger charge is 2.51. The van der Waals surface area contributed by atoms with E-state index in [0.717, 1.165) is 48.0 Å². The molecule has 2 saturated heterocycles. The summed E-state index contributed by atoms with van der Waals surface area (Å²) in [7, 11) is 1.41. The number of likely N-dealkylation sites (tertiary alicyclic amines) is 1. The number of fused-ring (bicyclic) bond motifs is 1. The lowest BCUT2D eigenvalue weighted by Gasteiger charge is -2.41. The number of ether oxygens (including phenoxy) is 1. The molecule has 2 amide bonds. The van der Waals surface area contributed by atoms with Crippen LogP contribution in [0.25, 0.3) is 0 Å². The van der Waals surface area contributed by atoms with Gasteiger partial charge in [-0.2, -0.15) is 0 Å². The van der Waals surface area contributed by atoms with Crippen molar-refractivity contribution in [2.45, 2.75) is 63.6 Å². The molecule has 0 bridgehead atoms. The summed E-state index contributed by atoms with van der Waals surface area (Å²) in [5.74, 6) is 0.532. The van der Waals surface area contributed by atoms with E-state index in [-0.39, 0.29) is 41.3 Å². The van der Waals surface area contributed by atoms with Crippen LogP contribution in [0.4, 0.5) is 8.78 Å². The average Bonchev–Trinajstić information content (AvgIpc) is 3.15. The van der Waals surface area contributed by atoms with E-state index in [9.17, 15) is 18.4 Å². The van der Waals surface area contributed by atoms with Crippen LogP contribution in [0.1, 0.15) is 67.1 Å². The number of rotatable bonds is 7. The minimum atomic E-state index is -2.75. The van der Waals surface area contributed by atoms with Gasteiger partial charge in [-0.3, -0.25) is 9.59 Å². The molecule has 204 valence electrons. The third-order valence-electron chi connectivity index (χ3n) is 8.55. The van der Waals surface area contributed by atoms with Crippen molar-refractivity contribution in [1.82, 2.24) is 30.1 Å². The zero-order valence-electron chi connectivity index (χ0n) is 21.3. The second-order valence-electron chi connectivity index (χ2n) is 11.0. The molecule has 1 saturated carbocycles. The molecule has 9 nitrogen and oxygen atoms in total. The van der Waals surface area contributed by atoms with Crippen molar-refractivity contribution in [3.63, 3.8) is 0 Å². The van der Waals surface area contributed by atoms with Crippen LogP contribution in [-0.2, 0) is 29.7 Å². The fourth-order valence-corrected chi connectivity index (χ4v) is 6.50. The molecule has 0 radical (unpaired) electrons. The number of nitrogens with one attached hydrogen (secondary N) is 1. The molecular formula is C26H31ClF2N6O3. The average molecular weight is 549 g/mol. The fourth-order valence-electron chi connectivity index (χ4n) is 6.24. The smallest absolute Gasteiger partial charge is 0.282 e. The van der Waals surface area contributed by atoms with Gasteiger partial charge in [0.1, 0.15) is 23.7 Å². The maximum atomic E-state index is 13.9. The summed E-state index contributed by atoms with van der Waals surface area (Å²) in [6.45, 7) is 2.09. The van der Waals surface area contributed by atoms with E-state index in [2.05, 4.69) is 15.6 Å². The van der Waals surface area contributed by atoms with Crippen LogP contribution in [0.5, 0.6) is 5.75 Å². The Bertz CT molecular complexity index is 1270. The highest BCUT2D eigenvalue weighted by molar-refractivity contribution is 6.31. The zero-order valence-corrected chi connectivity index (χ0v) is 22.0. The summed E-state index contributed by atoms with van der Waals surface area (Å²) in [6, 6.07) is 2.72. The lowest BCUT2D eigenvalue weighted by Crippen LogP contribution is -2.51. The summed E-state index contributed by atoms with van der Waals surface area (Å²) >= 11 is 6.64. The van der Waals surface area contributed by atoms with Gasteiger partial charge in [0.2, 0.25) is 11.8 Å². The highest BCUT2D eigenvalue weighted by Crippen LogP contribution is 2.52. The van der Waals surface area contributed by atoms with Crippen LogP contribution in [0.3, 0.4) is 0 Å². The molecular weight excluding hydrogens is 518 g/mol. The van der Waals surface area contributed by atoms with Gasteiger partial charge in [0.15, 0.2) is 0 Å². The zero-order chi connectivity index (χ0) is 26.6. The summed E-state index contributed by atoms with van der Waals surface area (Å²) in [6.07, 6.45) is 2.18. The largest absolute Gasteiger partial charge is 0.487 e. The molecule has 1 aromatic heterocycles. The molecule has 4 heterocycles. The van der Waals surface area contributed by atoms with Crippen molar-refractivity contribution in [2.75, 3.05) is 26.2 Å². The summed E-state index contributed by atoms with van der Waals surface area (Å²) < 4.78 is 34.3. The van der Waals surface area contributed by atoms with Gasteiger partial charge in [-0.15, -0.1) is 5.10 Å². The van der Waals surface area contributed by atoms with Crippen molar-refractivity contribution in [3.8, 4) is 5.75 Å². The molecule has 1 aliphatic carbocycles. The molecule has 1 N–H and O–H groups in total. The van der Waals surface area contributed by atoms with Gasteiger partial charge in [-0.05, 0) is 55.2 Å². The molecule has 38 heavy (non-hydrogen) atoms. The van der Waals surface area contributed by atoms with Gasteiger partial charge in [0.25, 0.3) is 6.43 Å². The van der Waals surface area contributed by atoms with E-state index in [0.29, 0.717) is 43.2 Å². The SMILES string of the molecule is Cn1nnc(COc2ccc(Cl)c3c2[C@@H](CN2CCCC2=O)N(C(=O)[C@@H]2CC4(CC4)CN2)CC3)c1C(F)F. The Morgan fingerprint density at radius 1 is 1.29 bits per heavy atom. The molecule has 3 fully saturated rings. The molecule has 12 heteroatoms. The van der Waals surface area contributed by atoms with Gasteiger partial charge >= 0.3 is 0 Å². The number of hydrogen-bond acceptors (Lipinski definition) is 6. The van der Waals surface area contributed by atoms with Gasteiger partial charge in [0, 0.05) is 50.2 Å². The van der Waals surface area contributed by atoms with Gasteiger partial charge in [-0.1, -0.05) is 16.8 Å². The number of hydrogen-bond donors (Lipinski definition) is 1. The van der Waals surface area contributed by atoms with Crippen molar-refractivity contribution >= 4 is 23.4 Å².